The van der Waals surface area contributed by atoms with Crippen molar-refractivity contribution in [3.63, 3.8) is 0 Å². The molecule has 2 aromatic rings. The van der Waals surface area contributed by atoms with Gasteiger partial charge in [-0.25, -0.2) is 8.42 Å². The van der Waals surface area contributed by atoms with Gasteiger partial charge in [0, 0.05) is 20.1 Å². The van der Waals surface area contributed by atoms with E-state index in [1.807, 2.05) is 43.3 Å². The van der Waals surface area contributed by atoms with Gasteiger partial charge in [-0.2, -0.15) is 4.31 Å². The fourth-order valence-electron chi connectivity index (χ4n) is 2.66. The molecule has 0 aliphatic heterocycles. The largest absolute Gasteiger partial charge is 0.337 e. The maximum Gasteiger partial charge on any atom is 0.245 e. The highest BCUT2D eigenvalue weighted by molar-refractivity contribution is 7.88. The lowest BCUT2D eigenvalue weighted by molar-refractivity contribution is -0.135. The maximum atomic E-state index is 13.2. The molecule has 2 aromatic carbocycles. The first-order valence-corrected chi connectivity index (χ1v) is 10.00. The molecule has 0 spiro atoms. The average Bonchev–Trinajstić information content (AvgIpc) is 2.60. The topological polar surface area (TPSA) is 57.7 Å². The summed E-state index contributed by atoms with van der Waals surface area (Å²) in [6.45, 7) is 2.83. The fourth-order valence-corrected chi connectivity index (χ4v) is 3.25. The molecular weight excluding hydrogens is 336 g/mol. The smallest absolute Gasteiger partial charge is 0.245 e. The van der Waals surface area contributed by atoms with E-state index >= 15 is 0 Å². The number of likely N-dealkylation sites (N-methyl/N-ethyl adjacent to an activating group) is 2. The highest BCUT2D eigenvalue weighted by atomic mass is 32.2. The van der Waals surface area contributed by atoms with Crippen LogP contribution < -0.4 is 0 Å². The Kier molecular flexibility index (Phi) is 6.33. The minimum absolute atomic E-state index is 0.231. The number of nitrogens with zero attached hydrogens (tertiary/aromatic N) is 2. The lowest BCUT2D eigenvalue weighted by Crippen LogP contribution is -2.43. The van der Waals surface area contributed by atoms with Crippen LogP contribution >= 0.6 is 0 Å². The van der Waals surface area contributed by atoms with E-state index in [0.717, 1.165) is 16.1 Å². The summed E-state index contributed by atoms with van der Waals surface area (Å²) in [5.74, 6) is -0.231. The highest BCUT2D eigenvalue weighted by Crippen LogP contribution is 2.25. The fraction of sp³-hybridized carbons (Fsp3) is 0.316. The van der Waals surface area contributed by atoms with Gasteiger partial charge in [0.25, 0.3) is 0 Å². The molecule has 5 nitrogen and oxygen atoms in total. The molecule has 1 atom stereocenters. The van der Waals surface area contributed by atoms with Crippen LogP contribution in [-0.2, 0) is 21.4 Å². The third-order valence-corrected chi connectivity index (χ3v) is 5.40. The van der Waals surface area contributed by atoms with Gasteiger partial charge in [-0.1, -0.05) is 60.7 Å². The second kappa shape index (κ2) is 8.27. The summed E-state index contributed by atoms with van der Waals surface area (Å²) in [6.07, 6.45) is 1.11. The Morgan fingerprint density at radius 1 is 1.00 bits per heavy atom. The van der Waals surface area contributed by atoms with E-state index in [4.69, 9.17) is 0 Å². The van der Waals surface area contributed by atoms with E-state index < -0.39 is 16.1 Å². The van der Waals surface area contributed by atoms with Crippen LogP contribution in [0.4, 0.5) is 0 Å². The van der Waals surface area contributed by atoms with Crippen LogP contribution in [0.1, 0.15) is 24.1 Å². The van der Waals surface area contributed by atoms with Gasteiger partial charge in [0.05, 0.1) is 6.26 Å². The van der Waals surface area contributed by atoms with Crippen molar-refractivity contribution in [2.45, 2.75) is 19.5 Å². The first-order valence-electron chi connectivity index (χ1n) is 8.15. The van der Waals surface area contributed by atoms with Crippen LogP contribution in [0.2, 0.25) is 0 Å². The molecule has 0 heterocycles. The van der Waals surface area contributed by atoms with E-state index in [9.17, 15) is 13.2 Å². The number of carbonyl (C=O) groups is 1. The monoisotopic (exact) mass is 360 g/mol. The number of hydrogen-bond donors (Lipinski definition) is 0. The molecule has 0 saturated heterocycles. The van der Waals surface area contributed by atoms with Crippen LogP contribution in [-0.4, -0.2) is 43.4 Å². The standard InChI is InChI=1S/C19H24N2O3S/c1-4-21(15-16-11-7-5-8-12-16)19(22)18(20(2)25(3,23)24)17-13-9-6-10-14-17/h5-14,18H,4,15H2,1-3H3. The normalized spacial score (nSPS) is 12.8. The predicted molar refractivity (Wildman–Crippen MR) is 99.3 cm³/mol. The van der Waals surface area contributed by atoms with Crippen LogP contribution in [0.5, 0.6) is 0 Å². The first kappa shape index (κ1) is 19.1. The number of rotatable bonds is 7. The lowest BCUT2D eigenvalue weighted by atomic mass is 10.1. The maximum absolute atomic E-state index is 13.2. The molecule has 0 fully saturated rings. The number of amides is 1. The van der Waals surface area contributed by atoms with Crippen molar-refractivity contribution >= 4 is 15.9 Å². The Balaban J connectivity index is 2.36. The predicted octanol–water partition coefficient (Wildman–Crippen LogP) is 2.67. The molecule has 25 heavy (non-hydrogen) atoms. The summed E-state index contributed by atoms with van der Waals surface area (Å²) >= 11 is 0. The summed E-state index contributed by atoms with van der Waals surface area (Å²) in [5.41, 5.74) is 1.67. The van der Waals surface area contributed by atoms with Gasteiger partial charge in [-0.05, 0) is 18.1 Å². The van der Waals surface area contributed by atoms with Gasteiger partial charge in [-0.3, -0.25) is 4.79 Å². The zero-order valence-electron chi connectivity index (χ0n) is 14.8. The molecule has 2 rings (SSSR count). The number of hydrogen-bond acceptors (Lipinski definition) is 3. The summed E-state index contributed by atoms with van der Waals surface area (Å²) in [6, 6.07) is 17.8. The van der Waals surface area contributed by atoms with Gasteiger partial charge in [0.2, 0.25) is 15.9 Å². The zero-order valence-corrected chi connectivity index (χ0v) is 15.6. The molecule has 0 aliphatic carbocycles. The van der Waals surface area contributed by atoms with Crippen LogP contribution in [0, 0.1) is 0 Å². The van der Waals surface area contributed by atoms with Crippen LogP contribution in [0.3, 0.4) is 0 Å². The number of benzene rings is 2. The van der Waals surface area contributed by atoms with Crippen molar-refractivity contribution in [3.05, 3.63) is 71.8 Å². The molecule has 1 unspecified atom stereocenters. The van der Waals surface area contributed by atoms with Gasteiger partial charge >= 0.3 is 0 Å². The van der Waals surface area contributed by atoms with Gasteiger partial charge in [-0.15, -0.1) is 0 Å². The van der Waals surface area contributed by atoms with Crippen molar-refractivity contribution in [2.75, 3.05) is 19.8 Å². The van der Waals surface area contributed by atoms with E-state index in [-0.39, 0.29) is 5.91 Å². The number of carbonyl (C=O) groups excluding carboxylic acids is 1. The van der Waals surface area contributed by atoms with Crippen LogP contribution in [0.15, 0.2) is 60.7 Å². The van der Waals surface area contributed by atoms with E-state index in [1.54, 1.807) is 29.2 Å². The molecule has 6 heteroatoms. The molecule has 0 radical (unpaired) electrons. The molecule has 0 bridgehead atoms. The van der Waals surface area contributed by atoms with Crippen molar-refractivity contribution in [2.24, 2.45) is 0 Å². The number of sulfonamides is 1. The van der Waals surface area contributed by atoms with Gasteiger partial charge < -0.3 is 4.90 Å². The van der Waals surface area contributed by atoms with Crippen LogP contribution in [0.25, 0.3) is 0 Å². The highest BCUT2D eigenvalue weighted by Gasteiger charge is 2.33. The Morgan fingerprint density at radius 2 is 1.52 bits per heavy atom. The average molecular weight is 360 g/mol. The quantitative estimate of drug-likeness (QED) is 0.763. The minimum atomic E-state index is -3.52. The van der Waals surface area contributed by atoms with Gasteiger partial charge in [0.1, 0.15) is 6.04 Å². The molecular formula is C19H24N2O3S. The Labute approximate surface area is 149 Å². The summed E-state index contributed by atoms with van der Waals surface area (Å²) in [5, 5.41) is 0. The molecule has 1 amide bonds. The van der Waals surface area contributed by atoms with Crippen molar-refractivity contribution in [3.8, 4) is 0 Å². The Bertz CT molecular complexity index is 792. The minimum Gasteiger partial charge on any atom is -0.337 e. The van der Waals surface area contributed by atoms with Crippen molar-refractivity contribution < 1.29 is 13.2 Å². The summed E-state index contributed by atoms with van der Waals surface area (Å²) in [7, 11) is -2.08. The Morgan fingerprint density at radius 3 is 2.00 bits per heavy atom. The molecule has 0 saturated carbocycles. The molecule has 0 aromatic heterocycles. The Hall–Kier alpha value is -2.18. The van der Waals surface area contributed by atoms with E-state index in [0.29, 0.717) is 18.7 Å². The second-order valence-electron chi connectivity index (χ2n) is 5.93. The van der Waals surface area contributed by atoms with Crippen molar-refractivity contribution in [1.82, 2.24) is 9.21 Å². The van der Waals surface area contributed by atoms with E-state index in [2.05, 4.69) is 0 Å². The molecule has 0 N–H and O–H groups in total. The van der Waals surface area contributed by atoms with Crippen molar-refractivity contribution in [1.29, 1.82) is 0 Å². The third kappa shape index (κ3) is 4.90. The zero-order chi connectivity index (χ0) is 18.4. The third-order valence-electron chi connectivity index (χ3n) is 4.15. The first-order chi connectivity index (χ1) is 11.8. The SMILES string of the molecule is CCN(Cc1ccccc1)C(=O)C(c1ccccc1)N(C)S(C)(=O)=O. The second-order valence-corrected chi connectivity index (χ2v) is 7.97. The van der Waals surface area contributed by atoms with Gasteiger partial charge in [0.15, 0.2) is 0 Å². The summed E-state index contributed by atoms with van der Waals surface area (Å²) < 4.78 is 25.3. The summed E-state index contributed by atoms with van der Waals surface area (Å²) in [4.78, 5) is 14.9. The lowest BCUT2D eigenvalue weighted by Gasteiger charge is -2.31. The van der Waals surface area contributed by atoms with E-state index in [1.165, 1.54) is 7.05 Å². The molecule has 0 aliphatic rings. The molecule has 134 valence electrons.